The van der Waals surface area contributed by atoms with Crippen molar-refractivity contribution < 1.29 is 19.4 Å². The molecule has 0 aliphatic carbocycles. The first kappa shape index (κ1) is 24.0. The van der Waals surface area contributed by atoms with Gasteiger partial charge in [0.05, 0.1) is 11.8 Å². The molecule has 0 radical (unpaired) electrons. The summed E-state index contributed by atoms with van der Waals surface area (Å²) in [6, 6.07) is 8.38. The van der Waals surface area contributed by atoms with Crippen LogP contribution < -0.4 is 11.1 Å². The van der Waals surface area contributed by atoms with E-state index < -0.39 is 12.0 Å². The number of β-amino-alcohol motifs (C(OH)–C–C–N with tert-alkyl or cyclic N) is 1. The van der Waals surface area contributed by atoms with Crippen LogP contribution in [0, 0.1) is 5.92 Å². The summed E-state index contributed by atoms with van der Waals surface area (Å²) in [6.07, 6.45) is 3.52. The van der Waals surface area contributed by atoms with Crippen molar-refractivity contribution in [3.8, 4) is 0 Å². The summed E-state index contributed by atoms with van der Waals surface area (Å²) in [7, 11) is 0. The van der Waals surface area contributed by atoms with Crippen LogP contribution >= 0.6 is 0 Å². The Bertz CT molecular complexity index is 1080. The molecule has 2 aromatic rings. The topological polar surface area (TPSA) is 123 Å². The van der Waals surface area contributed by atoms with Crippen LogP contribution in [-0.4, -0.2) is 69.8 Å². The lowest BCUT2D eigenvalue weighted by Gasteiger charge is -2.31. The number of benzene rings is 1. The molecule has 188 valence electrons. The molecule has 1 unspecified atom stereocenters. The molecule has 0 bridgehead atoms. The van der Waals surface area contributed by atoms with E-state index in [0.717, 1.165) is 44.6 Å². The number of carbonyl (C=O) groups excluding carboxylic acids is 2. The zero-order chi connectivity index (χ0) is 24.4. The van der Waals surface area contributed by atoms with Crippen LogP contribution in [0.25, 0.3) is 0 Å². The first-order valence-corrected chi connectivity index (χ1v) is 12.7. The quantitative estimate of drug-likeness (QED) is 0.538. The van der Waals surface area contributed by atoms with Crippen LogP contribution in [0.3, 0.4) is 0 Å². The number of nitrogens with one attached hydrogen (secondary N) is 1. The van der Waals surface area contributed by atoms with Crippen LogP contribution in [0.4, 0.5) is 0 Å². The smallest absolute Gasteiger partial charge is 0.269 e. The Morgan fingerprint density at radius 1 is 1.17 bits per heavy atom. The molecular weight excluding hydrogens is 446 g/mol. The van der Waals surface area contributed by atoms with Gasteiger partial charge in [-0.3, -0.25) is 14.5 Å². The molecule has 4 heterocycles. The average molecular weight is 482 g/mol. The van der Waals surface area contributed by atoms with E-state index in [-0.39, 0.29) is 23.6 Å². The number of aryl methyl sites for hydroxylation is 1. The lowest BCUT2D eigenvalue weighted by Crippen LogP contribution is -2.45. The Morgan fingerprint density at radius 3 is 2.71 bits per heavy atom. The van der Waals surface area contributed by atoms with E-state index in [1.54, 1.807) is 0 Å². The van der Waals surface area contributed by atoms with Gasteiger partial charge in [0, 0.05) is 64.2 Å². The van der Waals surface area contributed by atoms with Gasteiger partial charge >= 0.3 is 0 Å². The zero-order valence-electron chi connectivity index (χ0n) is 20.1. The van der Waals surface area contributed by atoms with Gasteiger partial charge in [0.15, 0.2) is 0 Å². The number of nitrogens with two attached hydrogens (primary N) is 1. The van der Waals surface area contributed by atoms with Gasteiger partial charge in [-0.25, -0.2) is 4.98 Å². The maximum absolute atomic E-state index is 12.8. The number of aromatic nitrogens is 2. The van der Waals surface area contributed by atoms with Crippen molar-refractivity contribution in [3.63, 3.8) is 0 Å². The third-order valence-corrected chi connectivity index (χ3v) is 7.55. The van der Waals surface area contributed by atoms with Gasteiger partial charge in [-0.2, -0.15) is 0 Å². The third kappa shape index (κ3) is 5.42. The van der Waals surface area contributed by atoms with Gasteiger partial charge in [0.25, 0.3) is 5.91 Å². The molecule has 0 saturated carbocycles. The molecule has 35 heavy (non-hydrogen) atoms. The highest BCUT2D eigenvalue weighted by molar-refractivity contribution is 5.92. The number of primary amides is 1. The van der Waals surface area contributed by atoms with Gasteiger partial charge in [-0.1, -0.05) is 24.3 Å². The maximum Gasteiger partial charge on any atom is 0.269 e. The van der Waals surface area contributed by atoms with E-state index in [1.807, 2.05) is 10.6 Å². The third-order valence-electron chi connectivity index (χ3n) is 7.55. The number of ether oxygens (including phenoxy) is 1. The monoisotopic (exact) mass is 481 g/mol. The first-order chi connectivity index (χ1) is 17.0. The average Bonchev–Trinajstić information content (AvgIpc) is 3.22. The van der Waals surface area contributed by atoms with Crippen LogP contribution in [0.1, 0.15) is 52.4 Å². The number of amides is 2. The van der Waals surface area contributed by atoms with E-state index in [9.17, 15) is 14.7 Å². The van der Waals surface area contributed by atoms with Crippen molar-refractivity contribution in [1.82, 2.24) is 19.8 Å². The van der Waals surface area contributed by atoms with Gasteiger partial charge in [-0.05, 0) is 36.8 Å². The van der Waals surface area contributed by atoms with Crippen molar-refractivity contribution >= 4 is 11.8 Å². The fraction of sp³-hybridized carbons (Fsp3) is 0.577. The number of hydrogen-bond donors (Lipinski definition) is 3. The number of aliphatic hydroxyl groups is 1. The van der Waals surface area contributed by atoms with Crippen LogP contribution in [0.15, 0.2) is 24.3 Å². The van der Waals surface area contributed by atoms with E-state index >= 15 is 0 Å². The molecule has 5 rings (SSSR count). The van der Waals surface area contributed by atoms with E-state index in [0.29, 0.717) is 44.8 Å². The maximum atomic E-state index is 12.8. The molecule has 3 aliphatic rings. The molecular formula is C26H35N5O4. The van der Waals surface area contributed by atoms with Crippen molar-refractivity contribution in [3.05, 3.63) is 52.6 Å². The number of hydrogen-bond acceptors (Lipinski definition) is 6. The molecule has 9 heteroatoms. The highest BCUT2D eigenvalue weighted by Crippen LogP contribution is 2.24. The van der Waals surface area contributed by atoms with Gasteiger partial charge in [-0.15, -0.1) is 0 Å². The number of imidazole rings is 1. The second kappa shape index (κ2) is 10.5. The first-order valence-electron chi connectivity index (χ1n) is 12.7. The number of nitrogens with zero attached hydrogens (tertiary/aromatic N) is 3. The Morgan fingerprint density at radius 2 is 1.94 bits per heavy atom. The Balaban J connectivity index is 1.26. The minimum Gasteiger partial charge on any atom is -0.391 e. The largest absolute Gasteiger partial charge is 0.391 e. The molecule has 2 amide bonds. The predicted molar refractivity (Wildman–Crippen MR) is 130 cm³/mol. The van der Waals surface area contributed by atoms with E-state index in [1.165, 1.54) is 11.1 Å². The Kier molecular flexibility index (Phi) is 7.17. The van der Waals surface area contributed by atoms with Crippen LogP contribution in [-0.2, 0) is 41.9 Å². The summed E-state index contributed by atoms with van der Waals surface area (Å²) in [4.78, 5) is 31.7. The number of rotatable bonds is 7. The molecule has 1 aromatic heterocycles. The molecule has 0 spiro atoms. The van der Waals surface area contributed by atoms with Gasteiger partial charge in [0.1, 0.15) is 11.5 Å². The highest BCUT2D eigenvalue weighted by Gasteiger charge is 2.31. The summed E-state index contributed by atoms with van der Waals surface area (Å²) in [6.45, 7) is 3.99. The second-order valence-corrected chi connectivity index (χ2v) is 10.0. The molecule has 9 nitrogen and oxygen atoms in total. The van der Waals surface area contributed by atoms with E-state index in [2.05, 4.69) is 33.4 Å². The summed E-state index contributed by atoms with van der Waals surface area (Å²) in [5.41, 5.74) is 9.24. The summed E-state index contributed by atoms with van der Waals surface area (Å²) >= 11 is 0. The number of aliphatic hydroxyl groups excluding tert-OH is 1. The lowest BCUT2D eigenvalue weighted by molar-refractivity contribution is -0.128. The van der Waals surface area contributed by atoms with Crippen molar-refractivity contribution in [2.45, 2.75) is 63.8 Å². The second-order valence-electron chi connectivity index (χ2n) is 10.0. The highest BCUT2D eigenvalue weighted by atomic mass is 16.5. The van der Waals surface area contributed by atoms with E-state index in [4.69, 9.17) is 10.5 Å². The molecule has 1 saturated heterocycles. The number of carbonyl (C=O) groups is 2. The van der Waals surface area contributed by atoms with Crippen LogP contribution in [0.5, 0.6) is 0 Å². The minimum atomic E-state index is -0.656. The van der Waals surface area contributed by atoms with Gasteiger partial charge in [0.2, 0.25) is 5.91 Å². The summed E-state index contributed by atoms with van der Waals surface area (Å²) in [5.74, 6) is 0.280. The predicted octanol–water partition coefficient (Wildman–Crippen LogP) is 0.801. The van der Waals surface area contributed by atoms with Crippen molar-refractivity contribution in [2.24, 2.45) is 11.7 Å². The molecule has 1 aromatic carbocycles. The lowest BCUT2D eigenvalue weighted by atomic mass is 9.98. The fourth-order valence-electron chi connectivity index (χ4n) is 5.66. The Hall–Kier alpha value is -2.75. The molecule has 1 fully saturated rings. The number of fused-ring (bicyclic) bond motifs is 2. The van der Waals surface area contributed by atoms with Gasteiger partial charge < -0.3 is 25.5 Å². The summed E-state index contributed by atoms with van der Waals surface area (Å²) < 4.78 is 7.37. The Labute approximate surface area is 205 Å². The molecule has 2 atom stereocenters. The normalized spacial score (nSPS) is 21.7. The van der Waals surface area contributed by atoms with Crippen molar-refractivity contribution in [1.29, 1.82) is 0 Å². The fourth-order valence-corrected chi connectivity index (χ4v) is 5.66. The van der Waals surface area contributed by atoms with Crippen molar-refractivity contribution in [2.75, 3.05) is 26.3 Å². The summed E-state index contributed by atoms with van der Waals surface area (Å²) in [5, 5.41) is 14.2. The SMILES string of the molecule is NC(=O)c1nc2n(c1C[C@@H](O)CN1CCc3ccccc3C1)CC(NC(=O)C1CCOCC1)CC2. The molecule has 3 aliphatic heterocycles. The standard InChI is InChI=1S/C26H35N5O4/c27-25(33)24-22(13-21(32)16-30-10-7-17-3-1-2-4-19(17)14-30)31-15-20(5-6-23(31)29-24)28-26(34)18-8-11-35-12-9-18/h1-4,18,20-21,32H,5-16H2,(H2,27,33)(H,28,34)/t20?,21-/m1/s1. The minimum absolute atomic E-state index is 0.00918. The molecule has 4 N–H and O–H groups in total. The zero-order valence-corrected chi connectivity index (χ0v) is 20.1. The van der Waals surface area contributed by atoms with Crippen LogP contribution in [0.2, 0.25) is 0 Å².